The van der Waals surface area contributed by atoms with Crippen LogP contribution in [0.25, 0.3) is 5.69 Å². The van der Waals surface area contributed by atoms with E-state index in [1.165, 1.54) is 0 Å². The third kappa shape index (κ3) is 3.61. The number of aliphatic hydroxyl groups is 1. The van der Waals surface area contributed by atoms with Crippen molar-refractivity contribution in [3.05, 3.63) is 83.2 Å². The number of aromatic nitrogens is 2. The molecule has 0 spiro atoms. The predicted molar refractivity (Wildman–Crippen MR) is 96.5 cm³/mol. The highest BCUT2D eigenvalue weighted by Crippen LogP contribution is 2.16. The molecule has 0 aliphatic heterocycles. The minimum Gasteiger partial charge on any atom is -0.392 e. The van der Waals surface area contributed by atoms with E-state index in [0.717, 1.165) is 22.5 Å². The second-order valence-corrected chi connectivity index (χ2v) is 5.72. The van der Waals surface area contributed by atoms with Crippen molar-refractivity contribution in [1.82, 2.24) is 15.1 Å². The van der Waals surface area contributed by atoms with Crippen LogP contribution in [0.3, 0.4) is 0 Å². The van der Waals surface area contributed by atoms with Gasteiger partial charge < -0.3 is 10.4 Å². The monoisotopic (exact) mass is 335 g/mol. The van der Waals surface area contributed by atoms with E-state index in [2.05, 4.69) is 10.4 Å². The van der Waals surface area contributed by atoms with Crippen molar-refractivity contribution >= 4 is 5.91 Å². The van der Waals surface area contributed by atoms with Crippen molar-refractivity contribution in [2.24, 2.45) is 0 Å². The molecule has 0 atom stereocenters. The maximum atomic E-state index is 12.6. The van der Waals surface area contributed by atoms with E-state index in [0.29, 0.717) is 18.5 Å². The van der Waals surface area contributed by atoms with Gasteiger partial charge in [-0.1, -0.05) is 49.4 Å². The van der Waals surface area contributed by atoms with Crippen LogP contribution in [0.5, 0.6) is 0 Å². The molecule has 5 heteroatoms. The lowest BCUT2D eigenvalue weighted by Gasteiger charge is -2.10. The summed E-state index contributed by atoms with van der Waals surface area (Å²) in [6.45, 7) is 2.34. The van der Waals surface area contributed by atoms with Gasteiger partial charge in [0.1, 0.15) is 0 Å². The van der Waals surface area contributed by atoms with Crippen LogP contribution in [0.2, 0.25) is 0 Å². The molecule has 0 bridgehead atoms. The van der Waals surface area contributed by atoms with Crippen LogP contribution in [0.4, 0.5) is 0 Å². The highest BCUT2D eigenvalue weighted by molar-refractivity contribution is 5.95. The Kier molecular flexibility index (Phi) is 5.26. The average Bonchev–Trinajstić information content (AvgIpc) is 3.11. The Morgan fingerprint density at radius 1 is 1.08 bits per heavy atom. The number of carbonyl (C=O) groups excluding carboxylic acids is 1. The van der Waals surface area contributed by atoms with Gasteiger partial charge in [0, 0.05) is 6.54 Å². The van der Waals surface area contributed by atoms with Crippen molar-refractivity contribution in [3.63, 3.8) is 0 Å². The van der Waals surface area contributed by atoms with Gasteiger partial charge in [0.2, 0.25) is 0 Å². The summed E-state index contributed by atoms with van der Waals surface area (Å²) in [5.41, 5.74) is 4.11. The molecule has 0 unspecified atom stereocenters. The van der Waals surface area contributed by atoms with E-state index in [1.54, 1.807) is 10.9 Å². The highest BCUT2D eigenvalue weighted by atomic mass is 16.3. The molecule has 3 rings (SSSR count). The first-order chi connectivity index (χ1) is 12.2. The molecule has 0 saturated carbocycles. The van der Waals surface area contributed by atoms with E-state index in [1.807, 2.05) is 61.5 Å². The zero-order valence-electron chi connectivity index (χ0n) is 14.1. The summed E-state index contributed by atoms with van der Waals surface area (Å²) in [7, 11) is 0. The number of nitrogens with zero attached hydrogens (tertiary/aromatic N) is 2. The molecule has 1 heterocycles. The summed E-state index contributed by atoms with van der Waals surface area (Å²) in [4.78, 5) is 12.6. The van der Waals surface area contributed by atoms with Gasteiger partial charge in [-0.05, 0) is 29.7 Å². The lowest BCUT2D eigenvalue weighted by Crippen LogP contribution is -2.24. The standard InChI is InChI=1S/C20H21N3O2/c1-2-19-18(13-22-23(19)17-10-4-3-5-11-17)20(25)21-12-15-8-6-7-9-16(15)14-24/h3-11,13,24H,2,12,14H2,1H3,(H,21,25). The summed E-state index contributed by atoms with van der Waals surface area (Å²) >= 11 is 0. The number of nitrogens with one attached hydrogen (secondary N) is 1. The Bertz CT molecular complexity index is 856. The molecule has 2 aromatic carbocycles. The molecular formula is C20H21N3O2. The number of amides is 1. The first-order valence-electron chi connectivity index (χ1n) is 8.32. The van der Waals surface area contributed by atoms with Crippen LogP contribution in [-0.4, -0.2) is 20.8 Å². The Morgan fingerprint density at radius 3 is 2.44 bits per heavy atom. The molecule has 2 N–H and O–H groups in total. The normalized spacial score (nSPS) is 10.6. The summed E-state index contributed by atoms with van der Waals surface area (Å²) < 4.78 is 1.80. The lowest BCUT2D eigenvalue weighted by atomic mass is 10.1. The quantitative estimate of drug-likeness (QED) is 0.728. The van der Waals surface area contributed by atoms with E-state index in [-0.39, 0.29) is 12.5 Å². The molecule has 3 aromatic rings. The van der Waals surface area contributed by atoms with Crippen LogP contribution in [0.1, 0.15) is 34.1 Å². The van der Waals surface area contributed by atoms with Crippen LogP contribution in [0.15, 0.2) is 60.8 Å². The smallest absolute Gasteiger partial charge is 0.255 e. The Labute approximate surface area is 146 Å². The lowest BCUT2D eigenvalue weighted by molar-refractivity contribution is 0.0949. The second-order valence-electron chi connectivity index (χ2n) is 5.72. The molecule has 5 nitrogen and oxygen atoms in total. The van der Waals surface area contributed by atoms with E-state index < -0.39 is 0 Å². The molecule has 128 valence electrons. The van der Waals surface area contributed by atoms with Crippen LogP contribution in [0, 0.1) is 0 Å². The van der Waals surface area contributed by atoms with Gasteiger partial charge in [0.25, 0.3) is 5.91 Å². The van der Waals surface area contributed by atoms with Crippen molar-refractivity contribution in [3.8, 4) is 5.69 Å². The number of rotatable bonds is 6. The topological polar surface area (TPSA) is 67.2 Å². The van der Waals surface area contributed by atoms with Crippen molar-refractivity contribution in [2.75, 3.05) is 0 Å². The second kappa shape index (κ2) is 7.77. The number of para-hydroxylation sites is 1. The minimum absolute atomic E-state index is 0.0435. The molecule has 1 amide bonds. The number of hydrogen-bond acceptors (Lipinski definition) is 3. The molecule has 0 fully saturated rings. The first kappa shape index (κ1) is 16.9. The van der Waals surface area contributed by atoms with Crippen LogP contribution < -0.4 is 5.32 Å². The van der Waals surface area contributed by atoms with Gasteiger partial charge in [-0.2, -0.15) is 5.10 Å². The third-order valence-electron chi connectivity index (χ3n) is 4.18. The molecule has 1 aromatic heterocycles. The van der Waals surface area contributed by atoms with E-state index >= 15 is 0 Å². The van der Waals surface area contributed by atoms with Crippen molar-refractivity contribution in [2.45, 2.75) is 26.5 Å². The summed E-state index contributed by atoms with van der Waals surface area (Å²) in [5.74, 6) is -0.160. The molecular weight excluding hydrogens is 314 g/mol. The van der Waals surface area contributed by atoms with Gasteiger partial charge in [0.05, 0.1) is 29.7 Å². The molecule has 25 heavy (non-hydrogen) atoms. The Hall–Kier alpha value is -2.92. The number of carbonyl (C=O) groups is 1. The SMILES string of the molecule is CCc1c(C(=O)NCc2ccccc2CO)cnn1-c1ccccc1. The number of aliphatic hydroxyl groups excluding tert-OH is 1. The fourth-order valence-corrected chi connectivity index (χ4v) is 2.85. The maximum absolute atomic E-state index is 12.6. The Balaban J connectivity index is 1.80. The third-order valence-corrected chi connectivity index (χ3v) is 4.18. The number of benzene rings is 2. The predicted octanol–water partition coefficient (Wildman–Crippen LogP) is 2.86. The first-order valence-corrected chi connectivity index (χ1v) is 8.32. The molecule has 0 aliphatic carbocycles. The van der Waals surface area contributed by atoms with Gasteiger partial charge in [-0.15, -0.1) is 0 Å². The highest BCUT2D eigenvalue weighted by Gasteiger charge is 2.17. The summed E-state index contributed by atoms with van der Waals surface area (Å²) in [5, 5.41) is 16.7. The fraction of sp³-hybridized carbons (Fsp3) is 0.200. The minimum atomic E-state index is -0.160. The van der Waals surface area contributed by atoms with E-state index in [9.17, 15) is 9.90 Å². The van der Waals surface area contributed by atoms with Crippen LogP contribution in [-0.2, 0) is 19.6 Å². The number of hydrogen-bond donors (Lipinski definition) is 2. The zero-order valence-corrected chi connectivity index (χ0v) is 14.1. The van der Waals surface area contributed by atoms with E-state index in [4.69, 9.17) is 0 Å². The van der Waals surface area contributed by atoms with Gasteiger partial charge in [0.15, 0.2) is 0 Å². The molecule has 0 radical (unpaired) electrons. The van der Waals surface area contributed by atoms with Crippen molar-refractivity contribution in [1.29, 1.82) is 0 Å². The zero-order chi connectivity index (χ0) is 17.6. The van der Waals surface area contributed by atoms with Crippen LogP contribution >= 0.6 is 0 Å². The van der Waals surface area contributed by atoms with Crippen molar-refractivity contribution < 1.29 is 9.90 Å². The average molecular weight is 335 g/mol. The van der Waals surface area contributed by atoms with Gasteiger partial charge in [-0.25, -0.2) is 4.68 Å². The summed E-state index contributed by atoms with van der Waals surface area (Å²) in [6.07, 6.45) is 2.31. The molecule has 0 saturated heterocycles. The maximum Gasteiger partial charge on any atom is 0.255 e. The largest absolute Gasteiger partial charge is 0.392 e. The molecule has 0 aliphatic rings. The van der Waals surface area contributed by atoms with Gasteiger partial charge in [-0.3, -0.25) is 4.79 Å². The van der Waals surface area contributed by atoms with Gasteiger partial charge >= 0.3 is 0 Å². The Morgan fingerprint density at radius 2 is 1.76 bits per heavy atom. The summed E-state index contributed by atoms with van der Waals surface area (Å²) in [6, 6.07) is 17.3. The fourth-order valence-electron chi connectivity index (χ4n) is 2.85.